The molecular weight excluding hydrogens is 240 g/mol. The van der Waals surface area contributed by atoms with E-state index >= 15 is 0 Å². The van der Waals surface area contributed by atoms with Crippen molar-refractivity contribution in [1.82, 2.24) is 10.1 Å². The summed E-state index contributed by atoms with van der Waals surface area (Å²) in [4.78, 5) is 4.49. The Hall–Kier alpha value is -1.84. The third kappa shape index (κ3) is 2.62. The molecule has 2 atom stereocenters. The SMILES string of the molecule is CC1CCCC(c2noc(-c3cccc(O)c3)n2)C1. The van der Waals surface area contributed by atoms with Crippen molar-refractivity contribution < 1.29 is 9.63 Å². The van der Waals surface area contributed by atoms with Gasteiger partial charge in [-0.05, 0) is 37.0 Å². The summed E-state index contributed by atoms with van der Waals surface area (Å²) in [5.74, 6) is 2.66. The summed E-state index contributed by atoms with van der Waals surface area (Å²) in [6.45, 7) is 2.28. The maximum atomic E-state index is 9.47. The maximum absolute atomic E-state index is 9.47. The fourth-order valence-electron chi connectivity index (χ4n) is 2.83. The Morgan fingerprint density at radius 2 is 2.21 bits per heavy atom. The van der Waals surface area contributed by atoms with Crippen LogP contribution < -0.4 is 0 Å². The molecule has 1 fully saturated rings. The average molecular weight is 258 g/mol. The van der Waals surface area contributed by atoms with Crippen LogP contribution in [-0.2, 0) is 0 Å². The third-order valence-electron chi connectivity index (χ3n) is 3.84. The molecule has 4 nitrogen and oxygen atoms in total. The molecule has 1 heterocycles. The Balaban J connectivity index is 1.83. The van der Waals surface area contributed by atoms with Crippen LogP contribution in [-0.4, -0.2) is 15.2 Å². The number of hydrogen-bond donors (Lipinski definition) is 1. The van der Waals surface area contributed by atoms with Crippen LogP contribution in [0.2, 0.25) is 0 Å². The van der Waals surface area contributed by atoms with E-state index in [-0.39, 0.29) is 5.75 Å². The van der Waals surface area contributed by atoms with E-state index in [1.807, 2.05) is 6.07 Å². The highest BCUT2D eigenvalue weighted by Gasteiger charge is 2.24. The first-order chi connectivity index (χ1) is 9.22. The fraction of sp³-hybridized carbons (Fsp3) is 0.467. The first kappa shape index (κ1) is 12.2. The molecule has 19 heavy (non-hydrogen) atoms. The maximum Gasteiger partial charge on any atom is 0.258 e. The second kappa shape index (κ2) is 5.03. The van der Waals surface area contributed by atoms with E-state index in [2.05, 4.69) is 17.1 Å². The highest BCUT2D eigenvalue weighted by atomic mass is 16.5. The van der Waals surface area contributed by atoms with Gasteiger partial charge in [-0.15, -0.1) is 0 Å². The number of phenolic OH excluding ortho intramolecular Hbond substituents is 1. The predicted molar refractivity (Wildman–Crippen MR) is 71.8 cm³/mol. The van der Waals surface area contributed by atoms with Gasteiger partial charge < -0.3 is 9.63 Å². The smallest absolute Gasteiger partial charge is 0.258 e. The zero-order valence-corrected chi connectivity index (χ0v) is 11.0. The van der Waals surface area contributed by atoms with E-state index in [1.54, 1.807) is 18.2 Å². The molecule has 0 amide bonds. The topological polar surface area (TPSA) is 59.2 Å². The van der Waals surface area contributed by atoms with Crippen molar-refractivity contribution in [2.24, 2.45) is 5.92 Å². The van der Waals surface area contributed by atoms with Gasteiger partial charge in [-0.1, -0.05) is 31.0 Å². The monoisotopic (exact) mass is 258 g/mol. The molecule has 1 aromatic heterocycles. The summed E-state index contributed by atoms with van der Waals surface area (Å²) in [5, 5.41) is 13.6. The van der Waals surface area contributed by atoms with Crippen molar-refractivity contribution in [3.05, 3.63) is 30.1 Å². The van der Waals surface area contributed by atoms with Gasteiger partial charge in [-0.3, -0.25) is 0 Å². The Morgan fingerprint density at radius 1 is 1.32 bits per heavy atom. The Labute approximate surface area is 112 Å². The Bertz CT molecular complexity index is 565. The molecule has 0 spiro atoms. The molecule has 3 rings (SSSR count). The summed E-state index contributed by atoms with van der Waals surface area (Å²) in [6, 6.07) is 6.90. The predicted octanol–water partition coefficient (Wildman–Crippen LogP) is 3.74. The van der Waals surface area contributed by atoms with Gasteiger partial charge in [0.2, 0.25) is 0 Å². The molecule has 0 aliphatic heterocycles. The van der Waals surface area contributed by atoms with E-state index in [0.29, 0.717) is 11.8 Å². The molecule has 2 aromatic rings. The zero-order valence-electron chi connectivity index (χ0n) is 11.0. The van der Waals surface area contributed by atoms with Gasteiger partial charge in [0.05, 0.1) is 0 Å². The molecule has 1 saturated carbocycles. The second-order valence-corrected chi connectivity index (χ2v) is 5.48. The van der Waals surface area contributed by atoms with Crippen molar-refractivity contribution in [1.29, 1.82) is 0 Å². The van der Waals surface area contributed by atoms with Crippen molar-refractivity contribution in [2.45, 2.75) is 38.5 Å². The van der Waals surface area contributed by atoms with Gasteiger partial charge in [0.15, 0.2) is 5.82 Å². The minimum Gasteiger partial charge on any atom is -0.508 e. The van der Waals surface area contributed by atoms with Crippen LogP contribution in [0, 0.1) is 5.92 Å². The summed E-state index contributed by atoms with van der Waals surface area (Å²) < 4.78 is 5.32. The van der Waals surface area contributed by atoms with E-state index in [0.717, 1.165) is 30.1 Å². The van der Waals surface area contributed by atoms with E-state index in [1.165, 1.54) is 12.8 Å². The van der Waals surface area contributed by atoms with Crippen LogP contribution in [0.1, 0.15) is 44.3 Å². The fourth-order valence-corrected chi connectivity index (χ4v) is 2.83. The number of phenols is 1. The molecule has 0 bridgehead atoms. The quantitative estimate of drug-likeness (QED) is 0.891. The molecule has 2 unspecified atom stereocenters. The minimum absolute atomic E-state index is 0.212. The van der Waals surface area contributed by atoms with Crippen molar-refractivity contribution >= 4 is 0 Å². The molecule has 0 radical (unpaired) electrons. The Kier molecular flexibility index (Phi) is 3.23. The van der Waals surface area contributed by atoms with E-state index in [9.17, 15) is 5.11 Å². The van der Waals surface area contributed by atoms with Crippen LogP contribution in [0.5, 0.6) is 5.75 Å². The molecule has 1 aliphatic rings. The summed E-state index contributed by atoms with van der Waals surface area (Å²) in [6.07, 6.45) is 4.82. The average Bonchev–Trinajstić information content (AvgIpc) is 2.88. The van der Waals surface area contributed by atoms with E-state index in [4.69, 9.17) is 4.52 Å². The normalized spacial score (nSPS) is 23.4. The van der Waals surface area contributed by atoms with Gasteiger partial charge >= 0.3 is 0 Å². The molecule has 0 saturated heterocycles. The third-order valence-corrected chi connectivity index (χ3v) is 3.84. The lowest BCUT2D eigenvalue weighted by molar-refractivity contribution is 0.324. The largest absolute Gasteiger partial charge is 0.508 e. The van der Waals surface area contributed by atoms with Crippen LogP contribution >= 0.6 is 0 Å². The first-order valence-corrected chi connectivity index (χ1v) is 6.85. The van der Waals surface area contributed by atoms with Crippen molar-refractivity contribution in [3.8, 4) is 17.2 Å². The summed E-state index contributed by atoms with van der Waals surface area (Å²) >= 11 is 0. The number of hydrogen-bond acceptors (Lipinski definition) is 4. The molecule has 100 valence electrons. The number of rotatable bonds is 2. The molecule has 1 aliphatic carbocycles. The van der Waals surface area contributed by atoms with Crippen molar-refractivity contribution in [2.75, 3.05) is 0 Å². The Morgan fingerprint density at radius 3 is 3.00 bits per heavy atom. The highest BCUT2D eigenvalue weighted by molar-refractivity contribution is 5.55. The number of aromatic nitrogens is 2. The number of aromatic hydroxyl groups is 1. The van der Waals surface area contributed by atoms with Crippen LogP contribution in [0.3, 0.4) is 0 Å². The van der Waals surface area contributed by atoms with E-state index < -0.39 is 0 Å². The van der Waals surface area contributed by atoms with Gasteiger partial charge in [-0.25, -0.2) is 0 Å². The van der Waals surface area contributed by atoms with Crippen molar-refractivity contribution in [3.63, 3.8) is 0 Å². The van der Waals surface area contributed by atoms with Gasteiger partial charge in [0.1, 0.15) is 5.75 Å². The standard InChI is InChI=1S/C15H18N2O2/c1-10-4-2-5-11(8-10)14-16-15(19-17-14)12-6-3-7-13(18)9-12/h3,6-7,9-11,18H,2,4-5,8H2,1H3. The van der Waals surface area contributed by atoms with Crippen LogP contribution in [0.15, 0.2) is 28.8 Å². The number of nitrogens with zero attached hydrogens (tertiary/aromatic N) is 2. The summed E-state index contributed by atoms with van der Waals surface area (Å²) in [5.41, 5.74) is 0.766. The molecule has 1 aromatic carbocycles. The zero-order chi connectivity index (χ0) is 13.2. The number of benzene rings is 1. The van der Waals surface area contributed by atoms with Gasteiger partial charge in [-0.2, -0.15) is 4.98 Å². The minimum atomic E-state index is 0.212. The van der Waals surface area contributed by atoms with Gasteiger partial charge in [0.25, 0.3) is 5.89 Å². The lowest BCUT2D eigenvalue weighted by atomic mass is 9.82. The summed E-state index contributed by atoms with van der Waals surface area (Å²) in [7, 11) is 0. The van der Waals surface area contributed by atoms with Crippen LogP contribution in [0.25, 0.3) is 11.5 Å². The molecule has 1 N–H and O–H groups in total. The highest BCUT2D eigenvalue weighted by Crippen LogP contribution is 2.35. The molecular formula is C15H18N2O2. The van der Waals surface area contributed by atoms with Crippen LogP contribution in [0.4, 0.5) is 0 Å². The lowest BCUT2D eigenvalue weighted by Gasteiger charge is -2.23. The van der Waals surface area contributed by atoms with Gasteiger partial charge in [0, 0.05) is 11.5 Å². The first-order valence-electron chi connectivity index (χ1n) is 6.85. The molecule has 4 heteroatoms. The lowest BCUT2D eigenvalue weighted by Crippen LogP contribution is -2.12. The second-order valence-electron chi connectivity index (χ2n) is 5.48.